The normalized spacial score (nSPS) is 16.1. The average molecular weight is 2310 g/mol. The Labute approximate surface area is 913 Å². The molecular formula is C106H134Cl4IN24O11P3S. The van der Waals surface area contributed by atoms with E-state index in [1.54, 1.807) is 111 Å². The van der Waals surface area contributed by atoms with Gasteiger partial charge in [-0.2, -0.15) is 19.9 Å². The monoisotopic (exact) mass is 2310 g/mol. The van der Waals surface area contributed by atoms with Gasteiger partial charge in [-0.3, -0.25) is 14.7 Å². The summed E-state index contributed by atoms with van der Waals surface area (Å²) < 4.78 is 99.0. The van der Waals surface area contributed by atoms with Crippen molar-refractivity contribution in [1.82, 2.24) is 69.4 Å². The van der Waals surface area contributed by atoms with Crippen LogP contribution < -0.4 is 92.1 Å². The third kappa shape index (κ3) is 30.3. The number of fused-ring (bicyclic) bond motifs is 1. The van der Waals surface area contributed by atoms with Crippen LogP contribution in [0.25, 0.3) is 0 Å². The number of nitrogens with one attached hydrogen (secondary N) is 8. The predicted octanol–water partition coefficient (Wildman–Crippen LogP) is 20.7. The molecule has 5 saturated heterocycles. The number of methoxy groups -OCH3 is 3. The highest BCUT2D eigenvalue weighted by Gasteiger charge is 2.38. The molecule has 5 aromatic heterocycles. The number of piperazine rings is 2. The molecule has 6 aliphatic heterocycles. The van der Waals surface area contributed by atoms with Gasteiger partial charge in [-0.1, -0.05) is 94.9 Å². The summed E-state index contributed by atoms with van der Waals surface area (Å²) >= 11 is 27.8. The molecule has 44 heteroatoms. The number of nitrogens with zero attached hydrogens (tertiary/aromatic N) is 16. The number of anilines is 18. The van der Waals surface area contributed by atoms with Crippen molar-refractivity contribution < 1.29 is 50.5 Å². The number of pyridine rings is 1. The Morgan fingerprint density at radius 1 is 0.460 bits per heavy atom. The summed E-state index contributed by atoms with van der Waals surface area (Å²) in [7, 11) is -1.95. The third-order valence-corrected chi connectivity index (χ3v) is 35.2. The average Bonchev–Trinajstić information content (AvgIpc) is 1.61. The van der Waals surface area contributed by atoms with Crippen molar-refractivity contribution >= 4 is 220 Å². The van der Waals surface area contributed by atoms with Gasteiger partial charge in [0, 0.05) is 160 Å². The van der Waals surface area contributed by atoms with Crippen LogP contribution in [0, 0.1) is 3.57 Å². The molecule has 0 saturated carbocycles. The second kappa shape index (κ2) is 51.4. The van der Waals surface area contributed by atoms with Gasteiger partial charge < -0.3 is 104 Å². The number of benzene rings is 7. The quantitative estimate of drug-likeness (QED) is 0.0108. The van der Waals surface area contributed by atoms with E-state index in [-0.39, 0.29) is 33.2 Å². The molecule has 0 amide bonds. The first-order valence-corrected chi connectivity index (χ1v) is 61.9. The number of hydrogen-bond acceptors (Lipinski definition) is 35. The molecule has 8 N–H and O–H groups in total. The highest BCUT2D eigenvalue weighted by molar-refractivity contribution is 14.1. The molecule has 0 atom stereocenters. The lowest BCUT2D eigenvalue weighted by Crippen LogP contribution is -2.52. The van der Waals surface area contributed by atoms with E-state index in [2.05, 4.69) is 196 Å². The second-order valence-corrected chi connectivity index (χ2v) is 54.2. The minimum absolute atomic E-state index is 0.147. The molecule has 0 unspecified atom stereocenters. The number of rotatable bonds is 33. The van der Waals surface area contributed by atoms with Gasteiger partial charge in [-0.05, 0) is 234 Å². The largest absolute Gasteiger partial charge is 0.494 e. The summed E-state index contributed by atoms with van der Waals surface area (Å²) in [5.74, 6) is 6.13. The van der Waals surface area contributed by atoms with Crippen LogP contribution >= 0.6 is 90.4 Å². The Morgan fingerprint density at radius 3 is 1.37 bits per heavy atom. The number of ether oxygens (including phenoxy) is 6. The number of likely N-dealkylation sites (N-methyl/N-ethyl adjacent to an activating group) is 2. The van der Waals surface area contributed by atoms with E-state index in [4.69, 9.17) is 74.8 Å². The first kappa shape index (κ1) is 113. The topological polar surface area (TPSA) is 376 Å². The number of halogens is 5. The molecule has 800 valence electrons. The fourth-order valence-corrected chi connectivity index (χ4v) is 23.6. The molecule has 0 aliphatic carbocycles. The van der Waals surface area contributed by atoms with Crippen LogP contribution in [0.4, 0.5) is 104 Å². The maximum Gasteiger partial charge on any atom is 0.238 e. The van der Waals surface area contributed by atoms with Gasteiger partial charge in [-0.15, -0.1) is 0 Å². The second-order valence-electron chi connectivity index (χ2n) is 39.4. The Morgan fingerprint density at radius 2 is 0.887 bits per heavy atom. The van der Waals surface area contributed by atoms with Crippen LogP contribution in [-0.2, 0) is 34.7 Å². The first-order chi connectivity index (χ1) is 71.7. The molecule has 35 nitrogen and oxygen atoms in total. The van der Waals surface area contributed by atoms with Gasteiger partial charge in [0.2, 0.25) is 29.7 Å². The van der Waals surface area contributed by atoms with E-state index in [1.165, 1.54) is 107 Å². The molecule has 5 fully saturated rings. The van der Waals surface area contributed by atoms with E-state index in [0.717, 1.165) is 133 Å². The number of para-hydroxylation sites is 4. The van der Waals surface area contributed by atoms with Crippen LogP contribution in [0.3, 0.4) is 0 Å². The Bertz CT molecular complexity index is 6950. The van der Waals surface area contributed by atoms with E-state index in [9.17, 15) is 22.1 Å². The summed E-state index contributed by atoms with van der Waals surface area (Å²) in [5.41, 5.74) is 9.29. The minimum atomic E-state index is -3.54. The van der Waals surface area contributed by atoms with Crippen molar-refractivity contribution in [3.05, 3.63) is 212 Å². The Kier molecular flexibility index (Phi) is 38.8. The summed E-state index contributed by atoms with van der Waals surface area (Å²) in [5, 5.41) is 27.9. The molecule has 6 aliphatic rings. The van der Waals surface area contributed by atoms with Crippen molar-refractivity contribution in [1.29, 1.82) is 0 Å². The van der Waals surface area contributed by atoms with Gasteiger partial charge in [0.15, 0.2) is 33.1 Å². The van der Waals surface area contributed by atoms with Crippen molar-refractivity contribution in [2.45, 2.75) is 94.1 Å². The lowest BCUT2D eigenvalue weighted by molar-refractivity contribution is 0.0358. The number of piperidine rings is 2. The Hall–Kier alpha value is -10.7. The highest BCUT2D eigenvalue weighted by atomic mass is 127. The van der Waals surface area contributed by atoms with Gasteiger partial charge in [0.05, 0.1) is 116 Å². The molecule has 0 spiro atoms. The van der Waals surface area contributed by atoms with Gasteiger partial charge in [0.25, 0.3) is 0 Å². The van der Waals surface area contributed by atoms with Crippen LogP contribution in [-0.4, -0.2) is 294 Å². The van der Waals surface area contributed by atoms with E-state index in [1.807, 2.05) is 97.1 Å². The molecule has 12 aromatic rings. The smallest absolute Gasteiger partial charge is 0.238 e. The molecule has 0 radical (unpaired) electrons. The van der Waals surface area contributed by atoms with E-state index in [0.29, 0.717) is 109 Å². The SMILES string of the molecule is CN1CCN(C2CCN(c3ccc(Nc4ncc(Cl)c(Nc5ccccc5P(C)(C)=O)n4)c4c3CC(C)(C)O4)CC2)CC1.COc1cc(N2CCC(N3CCN(C)CC3)CC2)ccc1Nc1ncc(Cl)c(Nc2ccccc2I)n1.COc1cc(OCCCN2CCOCC2)ccc1Nc1ncc(Cl)c(Nc2ccccc2P(C)(C)=O)n1.COc1nc(P(C)(C)=O)ccc1Nc1ncc(Cl)c(Nc2ccccc2S(=O)(=O)C(C)C)n1. The van der Waals surface area contributed by atoms with E-state index >= 15 is 0 Å². The molecular weight excluding hydrogens is 2180 g/mol. The van der Waals surface area contributed by atoms with Crippen LogP contribution in [0.15, 0.2) is 187 Å². The van der Waals surface area contributed by atoms with Crippen LogP contribution in [0.2, 0.25) is 20.1 Å². The van der Waals surface area contributed by atoms with Gasteiger partial charge >= 0.3 is 0 Å². The fourth-order valence-electron chi connectivity index (χ4n) is 18.3. The third-order valence-electron chi connectivity index (χ3n) is 26.5. The van der Waals surface area contributed by atoms with Gasteiger partial charge in [-0.25, -0.2) is 33.3 Å². The molecule has 0 bridgehead atoms. The standard InChI is InChI=1S/C32H43ClN7O2P.C27H33ClIN7O.C26H33ClN5O4P.C21H25ClN5O4PS/c1-32(2)20-23-27(40-14-12-22(13-15-40)39-18-16-38(3)17-19-39)11-10-26(29(23)42-32)36-31-34-21-24(33)30(37-31)35-25-8-6-7-9-28(25)43(4,5)41;1-34-13-15-36(16-14-34)19-9-11-35(12-10-19)20-7-8-24(25(17-20)37-2)32-27-30-18-21(28)26(33-27)31-23-6-4-3-5-22(23)29;1-34-23-17-19(36-14-6-11-32-12-15-35-16-13-32)9-10-21(23)30-26-28-18-20(27)25(31-26)29-22-7-4-5-8-24(22)37(2,3)33;1-13(2)33(29,30)17-9-7-6-8-15(17)24-19-14(22)12-23-21(27-19)25-16-10-11-18(32(4,5)28)26-20(16)31-3/h6-11,21-22H,12-20H2,1-5H3,(H2,34,35,36,37);3-8,17-19H,9-16H2,1-2H3,(H2,30,31,32,33);4-5,7-10,17-18H,6,11-16H2,1-3H3,(H2,28,29,30,31);6-13H,1-5H3,(H2,23,24,25,27). The first-order valence-electron chi connectivity index (χ1n) is 50.0. The summed E-state index contributed by atoms with van der Waals surface area (Å²) in [6.07, 6.45) is 12.6. The fraction of sp³-hybridized carbons (Fsp3) is 0.406. The zero-order valence-electron chi connectivity index (χ0n) is 87.3. The lowest BCUT2D eigenvalue weighted by atomic mass is 9.96. The van der Waals surface area contributed by atoms with E-state index < -0.39 is 36.5 Å². The number of morpholine rings is 1. The van der Waals surface area contributed by atoms with Gasteiger partial charge in [0.1, 0.15) is 81.2 Å². The molecule has 18 rings (SSSR count). The maximum atomic E-state index is 12.9. The number of sulfone groups is 1. The van der Waals surface area contributed by atoms with Crippen LogP contribution in [0.1, 0.15) is 65.4 Å². The lowest BCUT2D eigenvalue weighted by Gasteiger charge is -2.43. The molecule has 150 heavy (non-hydrogen) atoms. The summed E-state index contributed by atoms with van der Waals surface area (Å²) in [6, 6.07) is 50.3. The predicted molar refractivity (Wildman–Crippen MR) is 620 cm³/mol. The zero-order valence-corrected chi connectivity index (χ0v) is 96.0. The van der Waals surface area contributed by atoms with Crippen LogP contribution in [0.5, 0.6) is 28.9 Å². The Balaban J connectivity index is 0.000000150. The highest BCUT2D eigenvalue weighted by Crippen LogP contribution is 2.49. The minimum Gasteiger partial charge on any atom is -0.494 e. The van der Waals surface area contributed by atoms with Crippen molar-refractivity contribution in [3.63, 3.8) is 0 Å². The molecule has 11 heterocycles. The number of hydrogen-bond donors (Lipinski definition) is 8. The number of aromatic nitrogens is 9. The molecule has 7 aromatic carbocycles. The van der Waals surface area contributed by atoms with Crippen molar-refractivity contribution in [3.8, 4) is 28.9 Å². The van der Waals surface area contributed by atoms with Crippen molar-refractivity contribution in [2.75, 3.05) is 246 Å². The maximum absolute atomic E-state index is 12.9. The van der Waals surface area contributed by atoms with Crippen molar-refractivity contribution in [2.24, 2.45) is 0 Å². The summed E-state index contributed by atoms with van der Waals surface area (Å²) in [6.45, 7) is 36.5. The summed E-state index contributed by atoms with van der Waals surface area (Å²) in [4.78, 5) is 57.6. The zero-order chi connectivity index (χ0) is 107.